The Balaban J connectivity index is 0.00000192. The van der Waals surface area contributed by atoms with E-state index in [4.69, 9.17) is 0 Å². The Kier molecular flexibility index (Phi) is 3.31. The summed E-state index contributed by atoms with van der Waals surface area (Å²) >= 11 is 0. The van der Waals surface area contributed by atoms with Crippen molar-refractivity contribution in [3.8, 4) is 0 Å². The Hall–Kier alpha value is -2.17. The quantitative estimate of drug-likeness (QED) is 0.849. The highest BCUT2D eigenvalue weighted by molar-refractivity contribution is 6.13. The summed E-state index contributed by atoms with van der Waals surface area (Å²) in [4.78, 5) is 38.1. The fraction of sp³-hybridized carbons (Fsp3) is 0.471. The lowest BCUT2D eigenvalue weighted by atomic mass is 9.82. The zero-order chi connectivity index (χ0) is 16.1. The van der Waals surface area contributed by atoms with Gasteiger partial charge in [-0.3, -0.25) is 24.6 Å². The van der Waals surface area contributed by atoms with E-state index in [1.807, 2.05) is 32.0 Å². The van der Waals surface area contributed by atoms with Gasteiger partial charge in [0, 0.05) is 13.5 Å². The van der Waals surface area contributed by atoms with Gasteiger partial charge in [0.2, 0.25) is 17.7 Å². The van der Waals surface area contributed by atoms with Crippen LogP contribution in [-0.2, 0) is 26.2 Å². The molecule has 1 aromatic rings. The van der Waals surface area contributed by atoms with Crippen LogP contribution in [0.3, 0.4) is 0 Å². The lowest BCUT2D eigenvalue weighted by molar-refractivity contribution is -0.136. The van der Waals surface area contributed by atoms with Gasteiger partial charge in [0.1, 0.15) is 6.04 Å². The standard InChI is InChI=1S/C17H20N2O3.H2/c1-4-10-6-5-7-11-14(10)17(2,3)16(22)19(11)12-8-9-13(20)18-15(12)21;/h5-7,12H,4,8-9H2,1-3H3,(H,18,20,21);1H. The Morgan fingerprint density at radius 3 is 2.68 bits per heavy atom. The molecule has 0 aromatic heterocycles. The minimum atomic E-state index is -0.649. The normalized spacial score (nSPS) is 23.5. The maximum absolute atomic E-state index is 12.9. The number of hydrogen-bond acceptors (Lipinski definition) is 3. The van der Waals surface area contributed by atoms with E-state index in [1.165, 1.54) is 0 Å². The van der Waals surface area contributed by atoms with Gasteiger partial charge in [-0.2, -0.15) is 0 Å². The summed E-state index contributed by atoms with van der Waals surface area (Å²) in [5.41, 5.74) is 2.30. The van der Waals surface area contributed by atoms with E-state index in [-0.39, 0.29) is 25.6 Å². The molecule has 0 spiro atoms. The second-order valence-corrected chi connectivity index (χ2v) is 6.43. The largest absolute Gasteiger partial charge is 0.299 e. The second kappa shape index (κ2) is 4.93. The number of aryl methyl sites for hydroxylation is 1. The van der Waals surface area contributed by atoms with Crippen molar-refractivity contribution in [2.45, 2.75) is 51.5 Å². The van der Waals surface area contributed by atoms with Gasteiger partial charge in [-0.15, -0.1) is 0 Å². The molecule has 0 saturated carbocycles. The predicted octanol–water partition coefficient (Wildman–Crippen LogP) is 1.92. The molecule has 2 aliphatic rings. The van der Waals surface area contributed by atoms with Crippen LogP contribution < -0.4 is 10.2 Å². The maximum atomic E-state index is 12.9. The van der Waals surface area contributed by atoms with E-state index >= 15 is 0 Å². The van der Waals surface area contributed by atoms with Crippen molar-refractivity contribution in [3.05, 3.63) is 29.3 Å². The molecule has 3 rings (SSSR count). The predicted molar refractivity (Wildman–Crippen MR) is 84.6 cm³/mol. The molecule has 1 atom stereocenters. The average molecular weight is 302 g/mol. The number of benzene rings is 1. The highest BCUT2D eigenvalue weighted by Gasteiger charge is 2.49. The summed E-state index contributed by atoms with van der Waals surface area (Å²) in [5, 5.41) is 2.34. The minimum absolute atomic E-state index is 0. The molecule has 1 saturated heterocycles. The zero-order valence-corrected chi connectivity index (χ0v) is 13.1. The van der Waals surface area contributed by atoms with Crippen molar-refractivity contribution in [2.24, 2.45) is 0 Å². The molecule has 2 heterocycles. The van der Waals surface area contributed by atoms with Crippen LogP contribution in [0.2, 0.25) is 0 Å². The van der Waals surface area contributed by atoms with Crippen LogP contribution in [0.5, 0.6) is 0 Å². The lowest BCUT2D eigenvalue weighted by Crippen LogP contribution is -2.55. The molecule has 1 unspecified atom stereocenters. The van der Waals surface area contributed by atoms with E-state index in [2.05, 4.69) is 12.2 Å². The number of nitrogens with one attached hydrogen (secondary N) is 1. The van der Waals surface area contributed by atoms with Gasteiger partial charge in [0.15, 0.2) is 0 Å². The third-order valence-corrected chi connectivity index (χ3v) is 4.67. The van der Waals surface area contributed by atoms with Gasteiger partial charge in [-0.1, -0.05) is 19.1 Å². The fourth-order valence-corrected chi connectivity index (χ4v) is 3.56. The van der Waals surface area contributed by atoms with Crippen LogP contribution in [0.15, 0.2) is 18.2 Å². The smallest absolute Gasteiger partial charge is 0.249 e. The van der Waals surface area contributed by atoms with E-state index in [1.54, 1.807) is 4.90 Å². The Bertz CT molecular complexity index is 684. The van der Waals surface area contributed by atoms with Crippen LogP contribution in [0.1, 0.15) is 46.2 Å². The average Bonchev–Trinajstić information content (AvgIpc) is 2.68. The molecule has 3 amide bonds. The topological polar surface area (TPSA) is 66.5 Å². The van der Waals surface area contributed by atoms with Crippen LogP contribution in [0, 0.1) is 0 Å². The summed E-state index contributed by atoms with van der Waals surface area (Å²) in [5.74, 6) is -0.720. The first-order valence-corrected chi connectivity index (χ1v) is 7.67. The first kappa shape index (κ1) is 14.8. The number of carbonyl (C=O) groups is 3. The molecule has 1 fully saturated rings. The van der Waals surface area contributed by atoms with Crippen molar-refractivity contribution in [1.82, 2.24) is 5.32 Å². The number of carbonyl (C=O) groups excluding carboxylic acids is 3. The fourth-order valence-electron chi connectivity index (χ4n) is 3.56. The molecule has 5 nitrogen and oxygen atoms in total. The van der Waals surface area contributed by atoms with Crippen LogP contribution in [0.4, 0.5) is 5.69 Å². The molecule has 1 aromatic carbocycles. The first-order chi connectivity index (χ1) is 10.4. The number of piperidine rings is 1. The first-order valence-electron chi connectivity index (χ1n) is 7.67. The molecule has 5 heteroatoms. The molecule has 1 N–H and O–H groups in total. The van der Waals surface area contributed by atoms with Gasteiger partial charge in [0.25, 0.3) is 0 Å². The number of anilines is 1. The van der Waals surface area contributed by atoms with Crippen LogP contribution >= 0.6 is 0 Å². The molecule has 2 aliphatic heterocycles. The minimum Gasteiger partial charge on any atom is -0.299 e. The van der Waals surface area contributed by atoms with E-state index in [0.717, 1.165) is 23.2 Å². The molecular weight excluding hydrogens is 280 g/mol. The summed E-state index contributed by atoms with van der Waals surface area (Å²) < 4.78 is 0. The number of imide groups is 1. The highest BCUT2D eigenvalue weighted by atomic mass is 16.2. The Morgan fingerprint density at radius 1 is 1.32 bits per heavy atom. The van der Waals surface area contributed by atoms with Crippen molar-refractivity contribution in [1.29, 1.82) is 0 Å². The highest BCUT2D eigenvalue weighted by Crippen LogP contribution is 2.45. The van der Waals surface area contributed by atoms with E-state index in [0.29, 0.717) is 6.42 Å². The van der Waals surface area contributed by atoms with Crippen molar-refractivity contribution >= 4 is 23.4 Å². The number of amides is 3. The summed E-state index contributed by atoms with van der Waals surface area (Å²) in [7, 11) is 0. The van der Waals surface area contributed by atoms with Crippen molar-refractivity contribution in [2.75, 3.05) is 4.90 Å². The third kappa shape index (κ3) is 1.95. The zero-order valence-electron chi connectivity index (χ0n) is 13.1. The maximum Gasteiger partial charge on any atom is 0.249 e. The Labute approximate surface area is 131 Å². The molecule has 118 valence electrons. The van der Waals surface area contributed by atoms with Crippen molar-refractivity contribution < 1.29 is 15.8 Å². The number of nitrogens with zero attached hydrogens (tertiary/aromatic N) is 1. The monoisotopic (exact) mass is 302 g/mol. The van der Waals surface area contributed by atoms with E-state index in [9.17, 15) is 14.4 Å². The second-order valence-electron chi connectivity index (χ2n) is 6.43. The van der Waals surface area contributed by atoms with Gasteiger partial charge in [0.05, 0.1) is 5.41 Å². The number of rotatable bonds is 2. The summed E-state index contributed by atoms with van der Waals surface area (Å²) in [6.45, 7) is 5.86. The summed E-state index contributed by atoms with van der Waals surface area (Å²) in [6.07, 6.45) is 1.48. The Morgan fingerprint density at radius 2 is 2.05 bits per heavy atom. The number of hydrogen-bond donors (Lipinski definition) is 1. The van der Waals surface area contributed by atoms with Crippen LogP contribution in [0.25, 0.3) is 0 Å². The SMILES string of the molecule is CCc1cccc2c1C(C)(C)C(=O)N2C1CCC(=O)NC1=O.[HH]. The molecule has 0 radical (unpaired) electrons. The van der Waals surface area contributed by atoms with Crippen LogP contribution in [-0.4, -0.2) is 23.8 Å². The molecule has 22 heavy (non-hydrogen) atoms. The summed E-state index contributed by atoms with van der Waals surface area (Å²) in [6, 6.07) is 5.25. The van der Waals surface area contributed by atoms with Gasteiger partial charge in [-0.05, 0) is 43.9 Å². The molecular formula is C17H22N2O3. The van der Waals surface area contributed by atoms with Gasteiger partial charge < -0.3 is 0 Å². The third-order valence-electron chi connectivity index (χ3n) is 4.67. The van der Waals surface area contributed by atoms with Gasteiger partial charge in [-0.25, -0.2) is 0 Å². The lowest BCUT2D eigenvalue weighted by Gasteiger charge is -2.31. The van der Waals surface area contributed by atoms with Crippen molar-refractivity contribution in [3.63, 3.8) is 0 Å². The van der Waals surface area contributed by atoms with Gasteiger partial charge >= 0.3 is 0 Å². The number of fused-ring (bicyclic) bond motifs is 1. The molecule has 0 bridgehead atoms. The van der Waals surface area contributed by atoms with E-state index < -0.39 is 11.5 Å². The molecule has 0 aliphatic carbocycles.